The molecule has 25 heavy (non-hydrogen) atoms. The Morgan fingerprint density at radius 3 is 1.56 bits per heavy atom. The molecular formula is C23H33NO. The molecule has 136 valence electrons. The molecule has 0 aliphatic carbocycles. The van der Waals surface area contributed by atoms with Gasteiger partial charge in [0, 0.05) is 19.8 Å². The van der Waals surface area contributed by atoms with Crippen molar-refractivity contribution in [1.82, 2.24) is 0 Å². The van der Waals surface area contributed by atoms with Crippen molar-refractivity contribution in [3.05, 3.63) is 58.7 Å². The number of hydrogen-bond donors (Lipinski definition) is 1. The second-order valence-electron chi connectivity index (χ2n) is 9.28. The standard InChI is InChI=1S/C23H33NO/c1-22(2,3)19-14-17(15-20(21(19)25)23(4,5)6)13-16-9-11-18(12-10-16)24(7)8/h9-12,14-15,25H,13H2,1-8H3. The van der Waals surface area contributed by atoms with Gasteiger partial charge in [0.2, 0.25) is 0 Å². The van der Waals surface area contributed by atoms with E-state index >= 15 is 0 Å². The zero-order valence-electron chi connectivity index (χ0n) is 17.1. The van der Waals surface area contributed by atoms with E-state index in [2.05, 4.69) is 96.9 Å². The number of hydrogen-bond acceptors (Lipinski definition) is 2. The number of rotatable bonds is 3. The SMILES string of the molecule is CN(C)c1ccc(Cc2cc(C(C)(C)C)c(O)c(C(C)(C)C)c2)cc1. The van der Waals surface area contributed by atoms with Gasteiger partial charge in [0.1, 0.15) is 5.75 Å². The predicted octanol–water partition coefficient (Wildman–Crippen LogP) is 5.64. The van der Waals surface area contributed by atoms with Gasteiger partial charge in [0.15, 0.2) is 0 Å². The number of phenols is 1. The van der Waals surface area contributed by atoms with Crippen LogP contribution in [-0.4, -0.2) is 19.2 Å². The lowest BCUT2D eigenvalue weighted by Crippen LogP contribution is -2.18. The Labute approximate surface area is 153 Å². The molecule has 0 spiro atoms. The quantitative estimate of drug-likeness (QED) is 0.782. The van der Waals surface area contributed by atoms with Gasteiger partial charge in [-0.15, -0.1) is 0 Å². The maximum Gasteiger partial charge on any atom is 0.123 e. The number of anilines is 1. The lowest BCUT2D eigenvalue weighted by Gasteiger charge is -2.28. The van der Waals surface area contributed by atoms with Crippen molar-refractivity contribution in [2.45, 2.75) is 58.8 Å². The predicted molar refractivity (Wildman–Crippen MR) is 109 cm³/mol. The third-order valence-corrected chi connectivity index (χ3v) is 4.65. The number of aromatic hydroxyl groups is 1. The Balaban J connectivity index is 2.47. The van der Waals surface area contributed by atoms with E-state index in [0.717, 1.165) is 17.5 Å². The van der Waals surface area contributed by atoms with Gasteiger partial charge in [-0.1, -0.05) is 65.8 Å². The minimum atomic E-state index is -0.0884. The van der Waals surface area contributed by atoms with Crippen molar-refractivity contribution in [2.75, 3.05) is 19.0 Å². The van der Waals surface area contributed by atoms with E-state index in [0.29, 0.717) is 5.75 Å². The molecule has 1 N–H and O–H groups in total. The highest BCUT2D eigenvalue weighted by molar-refractivity contribution is 5.51. The van der Waals surface area contributed by atoms with Crippen LogP contribution >= 0.6 is 0 Å². The molecule has 0 aliphatic heterocycles. The third-order valence-electron chi connectivity index (χ3n) is 4.65. The summed E-state index contributed by atoms with van der Waals surface area (Å²) < 4.78 is 0. The topological polar surface area (TPSA) is 23.5 Å². The molecule has 2 aromatic rings. The first-order chi connectivity index (χ1) is 11.4. The number of phenolic OH excluding ortho intramolecular Hbond substituents is 1. The zero-order chi connectivity index (χ0) is 19.0. The van der Waals surface area contributed by atoms with Gasteiger partial charge in [0.25, 0.3) is 0 Å². The summed E-state index contributed by atoms with van der Waals surface area (Å²) in [6.07, 6.45) is 0.875. The molecule has 0 bridgehead atoms. The van der Waals surface area contributed by atoms with Crippen LogP contribution in [0.2, 0.25) is 0 Å². The van der Waals surface area contributed by atoms with Gasteiger partial charge in [-0.05, 0) is 51.6 Å². The summed E-state index contributed by atoms with van der Waals surface area (Å²) in [5.41, 5.74) is 5.63. The summed E-state index contributed by atoms with van der Waals surface area (Å²) in [6.45, 7) is 12.9. The molecule has 0 aromatic heterocycles. The summed E-state index contributed by atoms with van der Waals surface area (Å²) in [4.78, 5) is 2.11. The number of benzene rings is 2. The molecule has 2 aromatic carbocycles. The van der Waals surface area contributed by atoms with Gasteiger partial charge >= 0.3 is 0 Å². The summed E-state index contributed by atoms with van der Waals surface area (Å²) in [5, 5.41) is 10.8. The largest absolute Gasteiger partial charge is 0.507 e. The van der Waals surface area contributed by atoms with Crippen molar-refractivity contribution in [3.63, 3.8) is 0 Å². The molecule has 2 heteroatoms. The number of nitrogens with zero attached hydrogens (tertiary/aromatic N) is 1. The van der Waals surface area contributed by atoms with Crippen molar-refractivity contribution < 1.29 is 5.11 Å². The fourth-order valence-electron chi connectivity index (χ4n) is 3.09. The van der Waals surface area contributed by atoms with Crippen LogP contribution in [-0.2, 0) is 17.3 Å². The Hall–Kier alpha value is -1.96. The minimum absolute atomic E-state index is 0.0884. The van der Waals surface area contributed by atoms with Crippen molar-refractivity contribution in [2.24, 2.45) is 0 Å². The van der Waals surface area contributed by atoms with Crippen LogP contribution in [0.4, 0.5) is 5.69 Å². The van der Waals surface area contributed by atoms with E-state index in [1.807, 2.05) is 0 Å². The second kappa shape index (κ2) is 6.74. The molecule has 0 fully saturated rings. The summed E-state index contributed by atoms with van der Waals surface area (Å²) in [7, 11) is 4.11. The average Bonchev–Trinajstić information content (AvgIpc) is 2.47. The lowest BCUT2D eigenvalue weighted by atomic mass is 9.78. The lowest BCUT2D eigenvalue weighted by molar-refractivity contribution is 0.423. The molecule has 0 atom stereocenters. The van der Waals surface area contributed by atoms with Crippen molar-refractivity contribution in [3.8, 4) is 5.75 Å². The van der Waals surface area contributed by atoms with E-state index in [4.69, 9.17) is 0 Å². The van der Waals surface area contributed by atoms with E-state index < -0.39 is 0 Å². The molecule has 0 amide bonds. The molecule has 0 radical (unpaired) electrons. The Morgan fingerprint density at radius 2 is 1.20 bits per heavy atom. The first-order valence-corrected chi connectivity index (χ1v) is 9.02. The van der Waals surface area contributed by atoms with Gasteiger partial charge in [-0.2, -0.15) is 0 Å². The normalized spacial score (nSPS) is 12.3. The molecule has 2 rings (SSSR count). The maximum absolute atomic E-state index is 10.8. The fraction of sp³-hybridized carbons (Fsp3) is 0.478. The van der Waals surface area contributed by atoms with Crippen LogP contribution < -0.4 is 4.90 Å². The monoisotopic (exact) mass is 339 g/mol. The zero-order valence-corrected chi connectivity index (χ0v) is 17.1. The highest BCUT2D eigenvalue weighted by atomic mass is 16.3. The van der Waals surface area contributed by atoms with Crippen LogP contribution in [0.15, 0.2) is 36.4 Å². The van der Waals surface area contributed by atoms with Crippen LogP contribution in [0.5, 0.6) is 5.75 Å². The Kier molecular flexibility index (Phi) is 5.22. The summed E-state index contributed by atoms with van der Waals surface area (Å²) in [5.74, 6) is 0.451. The molecular weight excluding hydrogens is 306 g/mol. The van der Waals surface area contributed by atoms with Crippen molar-refractivity contribution in [1.29, 1.82) is 0 Å². The van der Waals surface area contributed by atoms with Gasteiger partial charge in [-0.3, -0.25) is 0 Å². The van der Waals surface area contributed by atoms with E-state index in [1.165, 1.54) is 16.8 Å². The molecule has 2 nitrogen and oxygen atoms in total. The summed E-state index contributed by atoms with van der Waals surface area (Å²) >= 11 is 0. The smallest absolute Gasteiger partial charge is 0.123 e. The first-order valence-electron chi connectivity index (χ1n) is 9.02. The van der Waals surface area contributed by atoms with Crippen LogP contribution in [0.3, 0.4) is 0 Å². The highest BCUT2D eigenvalue weighted by Gasteiger charge is 2.26. The van der Waals surface area contributed by atoms with Gasteiger partial charge in [0.05, 0.1) is 0 Å². The van der Waals surface area contributed by atoms with E-state index in [1.54, 1.807) is 0 Å². The molecule has 0 unspecified atom stereocenters. The van der Waals surface area contributed by atoms with Crippen LogP contribution in [0.1, 0.15) is 63.8 Å². The van der Waals surface area contributed by atoms with Gasteiger partial charge in [-0.25, -0.2) is 0 Å². The molecule has 0 heterocycles. The maximum atomic E-state index is 10.8. The highest BCUT2D eigenvalue weighted by Crippen LogP contribution is 2.40. The van der Waals surface area contributed by atoms with E-state index in [-0.39, 0.29) is 10.8 Å². The molecule has 0 saturated heterocycles. The first kappa shape index (κ1) is 19.4. The fourth-order valence-corrected chi connectivity index (χ4v) is 3.09. The minimum Gasteiger partial charge on any atom is -0.507 e. The van der Waals surface area contributed by atoms with Crippen LogP contribution in [0.25, 0.3) is 0 Å². The van der Waals surface area contributed by atoms with Crippen LogP contribution in [0, 0.1) is 0 Å². The van der Waals surface area contributed by atoms with E-state index in [9.17, 15) is 5.11 Å². The van der Waals surface area contributed by atoms with Crippen molar-refractivity contribution >= 4 is 5.69 Å². The summed E-state index contributed by atoms with van der Waals surface area (Å²) in [6, 6.07) is 13.0. The average molecular weight is 340 g/mol. The Morgan fingerprint density at radius 1 is 0.760 bits per heavy atom. The second-order valence-corrected chi connectivity index (χ2v) is 9.28. The molecule has 0 aliphatic rings. The third kappa shape index (κ3) is 4.56. The Bertz CT molecular complexity index is 693. The van der Waals surface area contributed by atoms with Gasteiger partial charge < -0.3 is 10.0 Å². The molecule has 0 saturated carbocycles.